The Bertz CT molecular complexity index is 771. The summed E-state index contributed by atoms with van der Waals surface area (Å²) >= 11 is 0. The van der Waals surface area contributed by atoms with Crippen molar-refractivity contribution in [3.05, 3.63) is 65.0 Å². The third kappa shape index (κ3) is 6.03. The first kappa shape index (κ1) is 20.4. The van der Waals surface area contributed by atoms with Crippen molar-refractivity contribution in [2.75, 3.05) is 26.2 Å². The fourth-order valence-electron chi connectivity index (χ4n) is 4.61. The lowest BCUT2D eigenvalue weighted by Crippen LogP contribution is -2.27. The number of halogens is 1. The van der Waals surface area contributed by atoms with Crippen LogP contribution in [0.1, 0.15) is 48.8 Å². The maximum absolute atomic E-state index is 13.2. The van der Waals surface area contributed by atoms with Gasteiger partial charge in [0, 0.05) is 13.1 Å². The second-order valence-corrected chi connectivity index (χ2v) is 8.56. The minimum Gasteiger partial charge on any atom is -0.494 e. The Morgan fingerprint density at radius 1 is 1.03 bits per heavy atom. The van der Waals surface area contributed by atoms with Crippen molar-refractivity contribution in [3.8, 4) is 5.75 Å². The smallest absolute Gasteiger partial charge is 0.123 e. The van der Waals surface area contributed by atoms with Gasteiger partial charge in [0.25, 0.3) is 0 Å². The quantitative estimate of drug-likeness (QED) is 0.672. The highest BCUT2D eigenvalue weighted by Crippen LogP contribution is 2.25. The highest BCUT2D eigenvalue weighted by Gasteiger charge is 2.16. The molecular weight excluding hydrogens is 363 g/mol. The van der Waals surface area contributed by atoms with Crippen LogP contribution >= 0.6 is 0 Å². The summed E-state index contributed by atoms with van der Waals surface area (Å²) in [4.78, 5) is 2.46. The first-order valence-electron chi connectivity index (χ1n) is 11.2. The molecular formula is C25H33FN2O. The number of hydrogen-bond acceptors (Lipinski definition) is 3. The Kier molecular flexibility index (Phi) is 7.18. The molecule has 29 heavy (non-hydrogen) atoms. The third-order valence-corrected chi connectivity index (χ3v) is 6.30. The molecule has 0 aromatic heterocycles. The van der Waals surface area contributed by atoms with Gasteiger partial charge in [0.05, 0.1) is 6.61 Å². The molecule has 0 saturated carbocycles. The van der Waals surface area contributed by atoms with Gasteiger partial charge in [-0.3, -0.25) is 4.90 Å². The Morgan fingerprint density at radius 2 is 1.86 bits per heavy atom. The predicted octanol–water partition coefficient (Wildman–Crippen LogP) is 4.93. The summed E-state index contributed by atoms with van der Waals surface area (Å²) in [6.45, 7) is 6.01. The van der Waals surface area contributed by atoms with Crippen LogP contribution in [-0.2, 0) is 19.5 Å². The number of ether oxygens (including phenoxy) is 1. The molecule has 0 aliphatic carbocycles. The van der Waals surface area contributed by atoms with Crippen LogP contribution in [0.4, 0.5) is 4.39 Å². The number of nitrogens with one attached hydrogen (secondary N) is 1. The molecule has 2 aromatic rings. The Labute approximate surface area is 174 Å². The van der Waals surface area contributed by atoms with Crippen LogP contribution in [0.15, 0.2) is 42.5 Å². The minimum atomic E-state index is -0.170. The van der Waals surface area contributed by atoms with E-state index in [0.717, 1.165) is 57.2 Å². The van der Waals surface area contributed by atoms with Crippen molar-refractivity contribution in [2.45, 2.75) is 51.6 Å². The molecule has 0 bridgehead atoms. The van der Waals surface area contributed by atoms with Crippen LogP contribution in [-0.4, -0.2) is 31.1 Å². The average molecular weight is 397 g/mol. The number of aryl methyl sites for hydroxylation is 1. The molecule has 4 heteroatoms. The van der Waals surface area contributed by atoms with E-state index in [1.54, 1.807) is 12.1 Å². The van der Waals surface area contributed by atoms with E-state index in [1.165, 1.54) is 49.0 Å². The standard InChI is InChI=1S/C25H33FN2O/c26-24-8-5-21(6-9-24)18-28-15-1-4-22-7-10-25(17-23(22)19-28)29-16-2-3-20-11-13-27-14-12-20/h5-10,17,20,27H,1-4,11-16,18-19H2. The van der Waals surface area contributed by atoms with Gasteiger partial charge in [0.2, 0.25) is 0 Å². The Morgan fingerprint density at radius 3 is 2.69 bits per heavy atom. The number of benzene rings is 2. The van der Waals surface area contributed by atoms with Gasteiger partial charge in [-0.25, -0.2) is 4.39 Å². The van der Waals surface area contributed by atoms with Crippen LogP contribution in [0.3, 0.4) is 0 Å². The van der Waals surface area contributed by atoms with Crippen LogP contribution in [0.2, 0.25) is 0 Å². The van der Waals surface area contributed by atoms with E-state index in [9.17, 15) is 4.39 Å². The van der Waals surface area contributed by atoms with Gasteiger partial charge >= 0.3 is 0 Å². The Balaban J connectivity index is 1.30. The molecule has 0 atom stereocenters. The zero-order valence-electron chi connectivity index (χ0n) is 17.3. The number of fused-ring (bicyclic) bond motifs is 1. The fraction of sp³-hybridized carbons (Fsp3) is 0.520. The lowest BCUT2D eigenvalue weighted by Gasteiger charge is -2.22. The van der Waals surface area contributed by atoms with Crippen molar-refractivity contribution >= 4 is 0 Å². The zero-order chi connectivity index (χ0) is 19.9. The van der Waals surface area contributed by atoms with E-state index in [2.05, 4.69) is 28.4 Å². The molecule has 2 aliphatic rings. The van der Waals surface area contributed by atoms with Gasteiger partial charge in [-0.2, -0.15) is 0 Å². The van der Waals surface area contributed by atoms with E-state index in [0.29, 0.717) is 0 Å². The summed E-state index contributed by atoms with van der Waals surface area (Å²) < 4.78 is 19.3. The van der Waals surface area contributed by atoms with Gasteiger partial charge in [0.1, 0.15) is 11.6 Å². The van der Waals surface area contributed by atoms with Crippen molar-refractivity contribution in [1.29, 1.82) is 0 Å². The van der Waals surface area contributed by atoms with Crippen LogP contribution in [0.5, 0.6) is 5.75 Å². The van der Waals surface area contributed by atoms with Crippen LogP contribution < -0.4 is 10.1 Å². The predicted molar refractivity (Wildman–Crippen MR) is 116 cm³/mol. The summed E-state index contributed by atoms with van der Waals surface area (Å²) in [7, 11) is 0. The van der Waals surface area contributed by atoms with Gasteiger partial charge in [-0.1, -0.05) is 18.2 Å². The van der Waals surface area contributed by atoms with Crippen molar-refractivity contribution < 1.29 is 9.13 Å². The molecule has 156 valence electrons. The SMILES string of the molecule is Fc1ccc(CN2CCCc3ccc(OCCCC4CCNCC4)cc3C2)cc1. The van der Waals surface area contributed by atoms with E-state index in [1.807, 2.05) is 12.1 Å². The molecule has 0 radical (unpaired) electrons. The van der Waals surface area contributed by atoms with Gasteiger partial charge < -0.3 is 10.1 Å². The number of hydrogen-bond donors (Lipinski definition) is 1. The molecule has 1 saturated heterocycles. The maximum Gasteiger partial charge on any atom is 0.123 e. The molecule has 0 amide bonds. The van der Waals surface area contributed by atoms with E-state index in [4.69, 9.17) is 4.74 Å². The van der Waals surface area contributed by atoms with Crippen molar-refractivity contribution in [3.63, 3.8) is 0 Å². The van der Waals surface area contributed by atoms with E-state index >= 15 is 0 Å². The second-order valence-electron chi connectivity index (χ2n) is 8.56. The highest BCUT2D eigenvalue weighted by atomic mass is 19.1. The summed E-state index contributed by atoms with van der Waals surface area (Å²) in [6, 6.07) is 13.5. The average Bonchev–Trinajstić information content (AvgIpc) is 2.95. The van der Waals surface area contributed by atoms with Crippen LogP contribution in [0.25, 0.3) is 0 Å². The summed E-state index contributed by atoms with van der Waals surface area (Å²) in [6.07, 6.45) is 7.30. The summed E-state index contributed by atoms with van der Waals surface area (Å²) in [5.74, 6) is 1.70. The molecule has 4 rings (SSSR count). The topological polar surface area (TPSA) is 24.5 Å². The summed E-state index contributed by atoms with van der Waals surface area (Å²) in [5, 5.41) is 3.43. The molecule has 0 unspecified atom stereocenters. The first-order chi connectivity index (χ1) is 14.3. The molecule has 2 aromatic carbocycles. The number of nitrogens with zero attached hydrogens (tertiary/aromatic N) is 1. The van der Waals surface area contributed by atoms with E-state index in [-0.39, 0.29) is 5.82 Å². The maximum atomic E-state index is 13.2. The highest BCUT2D eigenvalue weighted by molar-refractivity contribution is 5.36. The van der Waals surface area contributed by atoms with Gasteiger partial charge in [-0.05, 0) is 105 Å². The summed E-state index contributed by atoms with van der Waals surface area (Å²) in [5.41, 5.74) is 3.98. The molecule has 0 spiro atoms. The molecule has 2 aliphatic heterocycles. The number of rotatable bonds is 7. The first-order valence-corrected chi connectivity index (χ1v) is 11.2. The third-order valence-electron chi connectivity index (χ3n) is 6.30. The molecule has 1 N–H and O–H groups in total. The van der Waals surface area contributed by atoms with Crippen LogP contribution in [0, 0.1) is 11.7 Å². The van der Waals surface area contributed by atoms with Crippen molar-refractivity contribution in [2.24, 2.45) is 5.92 Å². The molecule has 2 heterocycles. The van der Waals surface area contributed by atoms with E-state index < -0.39 is 0 Å². The normalized spacial score (nSPS) is 18.2. The Hall–Kier alpha value is -1.91. The fourth-order valence-corrected chi connectivity index (χ4v) is 4.61. The largest absolute Gasteiger partial charge is 0.494 e. The second kappa shape index (κ2) is 10.2. The molecule has 3 nitrogen and oxygen atoms in total. The number of piperidine rings is 1. The zero-order valence-corrected chi connectivity index (χ0v) is 17.3. The van der Waals surface area contributed by atoms with Gasteiger partial charge in [-0.15, -0.1) is 0 Å². The van der Waals surface area contributed by atoms with Crippen molar-refractivity contribution in [1.82, 2.24) is 10.2 Å². The lowest BCUT2D eigenvalue weighted by atomic mass is 9.93. The monoisotopic (exact) mass is 396 g/mol. The lowest BCUT2D eigenvalue weighted by molar-refractivity contribution is 0.259. The molecule has 1 fully saturated rings. The minimum absolute atomic E-state index is 0.170. The van der Waals surface area contributed by atoms with Gasteiger partial charge in [0.15, 0.2) is 0 Å².